The van der Waals surface area contributed by atoms with Crippen LogP contribution in [0.4, 0.5) is 0 Å². The van der Waals surface area contributed by atoms with Crippen LogP contribution in [0, 0.1) is 17.3 Å². The number of carbonyl (C=O) groups is 1. The van der Waals surface area contributed by atoms with Gasteiger partial charge in [-0.05, 0) is 18.3 Å². The van der Waals surface area contributed by atoms with Crippen LogP contribution in [0.25, 0.3) is 0 Å². The molecule has 0 aromatic carbocycles. The van der Waals surface area contributed by atoms with Crippen molar-refractivity contribution in [2.45, 2.75) is 67.3 Å². The van der Waals surface area contributed by atoms with E-state index >= 15 is 0 Å². The number of rotatable bonds is 12. The fourth-order valence-electron chi connectivity index (χ4n) is 2.14. The highest BCUT2D eigenvalue weighted by Gasteiger charge is 2.28. The number of nitrogens with one attached hydrogen (secondary N) is 1. The Morgan fingerprint density at radius 2 is 1.41 bits per heavy atom. The van der Waals surface area contributed by atoms with Gasteiger partial charge in [0.2, 0.25) is 5.91 Å². The van der Waals surface area contributed by atoms with Crippen molar-refractivity contribution in [3.8, 4) is 0 Å². The van der Waals surface area contributed by atoms with Gasteiger partial charge in [-0.15, -0.1) is 0 Å². The monoisotopic (exact) mass is 315 g/mol. The van der Waals surface area contributed by atoms with Crippen LogP contribution in [0.2, 0.25) is 0 Å². The summed E-state index contributed by atoms with van der Waals surface area (Å²) in [5, 5.41) is 3.10. The Balaban J connectivity index is 4.45. The molecule has 1 amide bonds. The van der Waals surface area contributed by atoms with Gasteiger partial charge >= 0.3 is 0 Å². The second-order valence-electron chi connectivity index (χ2n) is 7.67. The van der Waals surface area contributed by atoms with E-state index < -0.39 is 0 Å². The molecule has 0 saturated heterocycles. The zero-order valence-electron chi connectivity index (χ0n) is 15.7. The molecule has 0 radical (unpaired) electrons. The number of amides is 1. The predicted molar refractivity (Wildman–Crippen MR) is 91.9 cm³/mol. The molecule has 0 aliphatic heterocycles. The SMILES string of the molecule is CCCC(C)(C)C(=O)NC(COCC(C)C)COCC(C)C. The topological polar surface area (TPSA) is 47.6 Å². The summed E-state index contributed by atoms with van der Waals surface area (Å²) < 4.78 is 11.4. The second-order valence-corrected chi connectivity index (χ2v) is 7.67. The first-order valence-corrected chi connectivity index (χ1v) is 8.65. The molecule has 0 aromatic rings. The molecule has 0 atom stereocenters. The smallest absolute Gasteiger partial charge is 0.226 e. The number of carbonyl (C=O) groups excluding carboxylic acids is 1. The first kappa shape index (κ1) is 21.4. The summed E-state index contributed by atoms with van der Waals surface area (Å²) in [6.07, 6.45) is 1.88. The van der Waals surface area contributed by atoms with Crippen molar-refractivity contribution < 1.29 is 14.3 Å². The Hall–Kier alpha value is -0.610. The Labute approximate surface area is 137 Å². The molecule has 0 aliphatic rings. The van der Waals surface area contributed by atoms with Gasteiger partial charge in [-0.25, -0.2) is 0 Å². The zero-order valence-corrected chi connectivity index (χ0v) is 15.7. The largest absolute Gasteiger partial charge is 0.379 e. The molecule has 0 spiro atoms. The van der Waals surface area contributed by atoms with Gasteiger partial charge in [0, 0.05) is 18.6 Å². The van der Waals surface area contributed by atoms with Crippen molar-refractivity contribution >= 4 is 5.91 Å². The molecule has 4 heteroatoms. The lowest BCUT2D eigenvalue weighted by atomic mass is 9.87. The summed E-state index contributed by atoms with van der Waals surface area (Å²) >= 11 is 0. The lowest BCUT2D eigenvalue weighted by molar-refractivity contribution is -0.131. The highest BCUT2D eigenvalue weighted by atomic mass is 16.5. The molecule has 0 heterocycles. The minimum absolute atomic E-state index is 0.0823. The van der Waals surface area contributed by atoms with Crippen molar-refractivity contribution in [3.63, 3.8) is 0 Å². The third-order valence-electron chi connectivity index (χ3n) is 3.37. The molecule has 22 heavy (non-hydrogen) atoms. The van der Waals surface area contributed by atoms with E-state index in [4.69, 9.17) is 9.47 Å². The molecule has 0 bridgehead atoms. The van der Waals surface area contributed by atoms with E-state index in [0.29, 0.717) is 38.3 Å². The number of hydrogen-bond donors (Lipinski definition) is 1. The van der Waals surface area contributed by atoms with Crippen LogP contribution >= 0.6 is 0 Å². The average Bonchev–Trinajstić information content (AvgIpc) is 2.37. The van der Waals surface area contributed by atoms with Crippen LogP contribution in [-0.2, 0) is 14.3 Å². The van der Waals surface area contributed by atoms with Gasteiger partial charge in [-0.2, -0.15) is 0 Å². The Bertz CT molecular complexity index is 287. The van der Waals surface area contributed by atoms with Crippen molar-refractivity contribution in [2.24, 2.45) is 17.3 Å². The summed E-state index contributed by atoms with van der Waals surface area (Å²) in [7, 11) is 0. The van der Waals surface area contributed by atoms with Crippen LogP contribution < -0.4 is 5.32 Å². The maximum Gasteiger partial charge on any atom is 0.226 e. The molecule has 0 aromatic heterocycles. The second kappa shape index (κ2) is 11.0. The first-order chi connectivity index (χ1) is 10.2. The van der Waals surface area contributed by atoms with Gasteiger partial charge in [-0.3, -0.25) is 4.79 Å². The van der Waals surface area contributed by atoms with Crippen LogP contribution in [0.1, 0.15) is 61.3 Å². The molecule has 0 aliphatic carbocycles. The van der Waals surface area contributed by atoms with Gasteiger partial charge in [-0.1, -0.05) is 54.9 Å². The lowest BCUT2D eigenvalue weighted by Crippen LogP contribution is -2.47. The molecule has 4 nitrogen and oxygen atoms in total. The van der Waals surface area contributed by atoms with Gasteiger partial charge < -0.3 is 14.8 Å². The highest BCUT2D eigenvalue weighted by molar-refractivity contribution is 5.82. The van der Waals surface area contributed by atoms with Crippen molar-refractivity contribution in [1.82, 2.24) is 5.32 Å². The van der Waals surface area contributed by atoms with E-state index in [1.165, 1.54) is 0 Å². The quantitative estimate of drug-likeness (QED) is 0.598. The fraction of sp³-hybridized carbons (Fsp3) is 0.944. The normalized spacial score (nSPS) is 12.5. The molecule has 0 saturated carbocycles. The van der Waals surface area contributed by atoms with E-state index in [-0.39, 0.29) is 17.4 Å². The van der Waals surface area contributed by atoms with E-state index in [1.807, 2.05) is 13.8 Å². The summed E-state index contributed by atoms with van der Waals surface area (Å²) in [4.78, 5) is 12.4. The van der Waals surface area contributed by atoms with Gasteiger partial charge in [0.15, 0.2) is 0 Å². The fourth-order valence-corrected chi connectivity index (χ4v) is 2.14. The minimum atomic E-state index is -0.344. The summed E-state index contributed by atoms with van der Waals surface area (Å²) in [5.41, 5.74) is -0.344. The Morgan fingerprint density at radius 3 is 1.77 bits per heavy atom. The third-order valence-corrected chi connectivity index (χ3v) is 3.37. The number of hydrogen-bond acceptors (Lipinski definition) is 3. The third kappa shape index (κ3) is 10.2. The van der Waals surface area contributed by atoms with Crippen LogP contribution in [0.3, 0.4) is 0 Å². The molecular weight excluding hydrogens is 278 g/mol. The average molecular weight is 315 g/mol. The van der Waals surface area contributed by atoms with Crippen molar-refractivity contribution in [3.05, 3.63) is 0 Å². The van der Waals surface area contributed by atoms with E-state index in [0.717, 1.165) is 12.8 Å². The predicted octanol–water partition coefficient (Wildman–Crippen LogP) is 3.64. The molecular formula is C18H37NO3. The minimum Gasteiger partial charge on any atom is -0.379 e. The van der Waals surface area contributed by atoms with E-state index in [2.05, 4.69) is 39.9 Å². The van der Waals surface area contributed by atoms with Gasteiger partial charge in [0.25, 0.3) is 0 Å². The van der Waals surface area contributed by atoms with E-state index in [1.54, 1.807) is 0 Å². The van der Waals surface area contributed by atoms with Gasteiger partial charge in [0.05, 0.1) is 19.3 Å². The molecule has 1 N–H and O–H groups in total. The van der Waals surface area contributed by atoms with E-state index in [9.17, 15) is 4.79 Å². The zero-order chi connectivity index (χ0) is 17.2. The van der Waals surface area contributed by atoms with Crippen LogP contribution in [-0.4, -0.2) is 38.4 Å². The molecule has 0 rings (SSSR count). The van der Waals surface area contributed by atoms with Crippen LogP contribution in [0.5, 0.6) is 0 Å². The van der Waals surface area contributed by atoms with Crippen molar-refractivity contribution in [2.75, 3.05) is 26.4 Å². The summed E-state index contributed by atoms with van der Waals surface area (Å²) in [6, 6.07) is -0.0823. The van der Waals surface area contributed by atoms with Crippen molar-refractivity contribution in [1.29, 1.82) is 0 Å². The Morgan fingerprint density at radius 1 is 0.955 bits per heavy atom. The summed E-state index contributed by atoms with van der Waals surface area (Å²) in [6.45, 7) is 17.0. The first-order valence-electron chi connectivity index (χ1n) is 8.65. The highest BCUT2D eigenvalue weighted by Crippen LogP contribution is 2.22. The Kier molecular flexibility index (Phi) is 10.7. The maximum atomic E-state index is 12.4. The maximum absolute atomic E-state index is 12.4. The molecule has 0 fully saturated rings. The number of ether oxygens (including phenoxy) is 2. The van der Waals surface area contributed by atoms with Crippen LogP contribution in [0.15, 0.2) is 0 Å². The summed E-state index contributed by atoms with van der Waals surface area (Å²) in [5.74, 6) is 1.06. The van der Waals surface area contributed by atoms with Gasteiger partial charge in [0.1, 0.15) is 0 Å². The molecule has 132 valence electrons. The standard InChI is InChI=1S/C18H37NO3/c1-8-9-18(6,7)17(20)19-16(12-21-10-14(2)3)13-22-11-15(4)5/h14-16H,8-13H2,1-7H3,(H,19,20). The molecule has 0 unspecified atom stereocenters. The lowest BCUT2D eigenvalue weighted by Gasteiger charge is -2.27.